The van der Waals surface area contributed by atoms with Crippen LogP contribution in [0.25, 0.3) is 0 Å². The van der Waals surface area contributed by atoms with Gasteiger partial charge in [-0.1, -0.05) is 0 Å². The molecule has 0 aliphatic carbocycles. The SMILES string of the molecule is Cc1c([N+](=O)[O-])c(C(F)F)nn1C. The van der Waals surface area contributed by atoms with Gasteiger partial charge in [-0.25, -0.2) is 8.78 Å². The molecule has 7 heteroatoms. The highest BCUT2D eigenvalue weighted by atomic mass is 19.3. The van der Waals surface area contributed by atoms with Crippen LogP contribution in [-0.2, 0) is 7.05 Å². The molecule has 5 nitrogen and oxygen atoms in total. The second-order valence-electron chi connectivity index (χ2n) is 2.50. The summed E-state index contributed by atoms with van der Waals surface area (Å²) in [6, 6.07) is 0. The molecular weight excluding hydrogens is 184 g/mol. The Morgan fingerprint density at radius 1 is 1.62 bits per heavy atom. The van der Waals surface area contributed by atoms with Gasteiger partial charge in [-0.05, 0) is 6.92 Å². The summed E-state index contributed by atoms with van der Waals surface area (Å²) in [6.07, 6.45) is -2.92. The van der Waals surface area contributed by atoms with Crippen molar-refractivity contribution in [1.82, 2.24) is 9.78 Å². The Balaban J connectivity index is 3.35. The van der Waals surface area contributed by atoms with Crippen molar-refractivity contribution in [2.45, 2.75) is 13.3 Å². The number of hydrogen-bond acceptors (Lipinski definition) is 3. The van der Waals surface area contributed by atoms with Crippen molar-refractivity contribution in [2.24, 2.45) is 7.05 Å². The fourth-order valence-electron chi connectivity index (χ4n) is 0.995. The van der Waals surface area contributed by atoms with Gasteiger partial charge in [0.1, 0.15) is 5.69 Å². The van der Waals surface area contributed by atoms with Crippen LogP contribution >= 0.6 is 0 Å². The molecule has 72 valence electrons. The van der Waals surface area contributed by atoms with E-state index in [4.69, 9.17) is 0 Å². The van der Waals surface area contributed by atoms with Crippen molar-refractivity contribution in [3.05, 3.63) is 21.5 Å². The van der Waals surface area contributed by atoms with E-state index in [0.717, 1.165) is 4.68 Å². The molecule has 0 aliphatic heterocycles. The molecule has 1 aromatic rings. The lowest BCUT2D eigenvalue weighted by Gasteiger charge is -1.92. The first-order chi connectivity index (χ1) is 5.95. The van der Waals surface area contributed by atoms with Gasteiger partial charge in [0.05, 0.1) is 4.92 Å². The molecule has 1 rings (SSSR count). The highest BCUT2D eigenvalue weighted by Gasteiger charge is 2.29. The van der Waals surface area contributed by atoms with Crippen LogP contribution in [0, 0.1) is 17.0 Å². The van der Waals surface area contributed by atoms with Crippen LogP contribution in [0.5, 0.6) is 0 Å². The van der Waals surface area contributed by atoms with E-state index in [0.29, 0.717) is 0 Å². The van der Waals surface area contributed by atoms with E-state index in [1.54, 1.807) is 0 Å². The molecular formula is C6H7F2N3O2. The molecule has 1 aromatic heterocycles. The Kier molecular flexibility index (Phi) is 2.26. The van der Waals surface area contributed by atoms with Gasteiger partial charge in [0.25, 0.3) is 6.43 Å². The normalized spacial score (nSPS) is 10.8. The summed E-state index contributed by atoms with van der Waals surface area (Å²) in [4.78, 5) is 9.54. The van der Waals surface area contributed by atoms with Crippen LogP contribution in [0.4, 0.5) is 14.5 Å². The van der Waals surface area contributed by atoms with Crippen LogP contribution in [-0.4, -0.2) is 14.7 Å². The van der Waals surface area contributed by atoms with Crippen molar-refractivity contribution in [3.63, 3.8) is 0 Å². The van der Waals surface area contributed by atoms with E-state index in [9.17, 15) is 18.9 Å². The highest BCUT2D eigenvalue weighted by Crippen LogP contribution is 2.29. The molecule has 0 saturated carbocycles. The predicted molar refractivity (Wildman–Crippen MR) is 39.6 cm³/mol. The molecule has 0 saturated heterocycles. The van der Waals surface area contributed by atoms with E-state index in [-0.39, 0.29) is 5.69 Å². The van der Waals surface area contributed by atoms with Crippen molar-refractivity contribution < 1.29 is 13.7 Å². The molecule has 0 N–H and O–H groups in total. The van der Waals surface area contributed by atoms with Gasteiger partial charge < -0.3 is 0 Å². The minimum Gasteiger partial charge on any atom is -0.265 e. The topological polar surface area (TPSA) is 61.0 Å². The Bertz CT molecular complexity index is 348. The number of hydrogen-bond donors (Lipinski definition) is 0. The molecule has 1 heterocycles. The third-order valence-corrected chi connectivity index (χ3v) is 1.72. The summed E-state index contributed by atoms with van der Waals surface area (Å²) in [5.41, 5.74) is -1.25. The molecule has 0 spiro atoms. The maximum Gasteiger partial charge on any atom is 0.318 e. The molecule has 0 bridgehead atoms. The zero-order valence-electron chi connectivity index (χ0n) is 6.99. The number of aryl methyl sites for hydroxylation is 1. The average molecular weight is 191 g/mol. The van der Waals surface area contributed by atoms with E-state index in [1.165, 1.54) is 14.0 Å². The first kappa shape index (κ1) is 9.56. The van der Waals surface area contributed by atoms with E-state index >= 15 is 0 Å². The van der Waals surface area contributed by atoms with Crippen molar-refractivity contribution in [3.8, 4) is 0 Å². The smallest absolute Gasteiger partial charge is 0.265 e. The lowest BCUT2D eigenvalue weighted by atomic mass is 10.3. The number of nitrogens with zero attached hydrogens (tertiary/aromatic N) is 3. The lowest BCUT2D eigenvalue weighted by Crippen LogP contribution is -1.94. The maximum atomic E-state index is 12.2. The van der Waals surface area contributed by atoms with Gasteiger partial charge in [0, 0.05) is 7.05 Å². The molecule has 0 aliphatic rings. The molecule has 0 atom stereocenters. The predicted octanol–water partition coefficient (Wildman–Crippen LogP) is 1.57. The zero-order chi connectivity index (χ0) is 10.2. The quantitative estimate of drug-likeness (QED) is 0.526. The van der Waals surface area contributed by atoms with Gasteiger partial charge >= 0.3 is 5.69 Å². The van der Waals surface area contributed by atoms with Gasteiger partial charge in [-0.3, -0.25) is 14.8 Å². The summed E-state index contributed by atoms with van der Waals surface area (Å²) in [7, 11) is 1.38. The minimum atomic E-state index is -2.92. The minimum absolute atomic E-state index is 0.125. The largest absolute Gasteiger partial charge is 0.318 e. The summed E-state index contributed by atoms with van der Waals surface area (Å²) in [6.45, 7) is 1.37. The highest BCUT2D eigenvalue weighted by molar-refractivity contribution is 5.40. The Labute approximate surface area is 72.1 Å². The van der Waals surface area contributed by atoms with Crippen molar-refractivity contribution in [1.29, 1.82) is 0 Å². The maximum absolute atomic E-state index is 12.2. The monoisotopic (exact) mass is 191 g/mol. The van der Waals surface area contributed by atoms with Gasteiger partial charge in [0.2, 0.25) is 5.69 Å². The molecule has 0 aromatic carbocycles. The van der Waals surface area contributed by atoms with Crippen LogP contribution in [0.2, 0.25) is 0 Å². The van der Waals surface area contributed by atoms with E-state index in [2.05, 4.69) is 5.10 Å². The van der Waals surface area contributed by atoms with E-state index in [1.807, 2.05) is 0 Å². The molecule has 0 fully saturated rings. The number of halogens is 2. The van der Waals surface area contributed by atoms with Crippen molar-refractivity contribution in [2.75, 3.05) is 0 Å². The number of aromatic nitrogens is 2. The molecule has 0 radical (unpaired) electrons. The number of nitro groups is 1. The third kappa shape index (κ3) is 1.49. The van der Waals surface area contributed by atoms with Crippen molar-refractivity contribution >= 4 is 5.69 Å². The third-order valence-electron chi connectivity index (χ3n) is 1.72. The number of alkyl halides is 2. The molecule has 0 unspecified atom stereocenters. The van der Waals surface area contributed by atoms with Crippen LogP contribution < -0.4 is 0 Å². The molecule has 0 amide bonds. The Morgan fingerprint density at radius 3 is 2.46 bits per heavy atom. The fourth-order valence-corrected chi connectivity index (χ4v) is 0.995. The second-order valence-corrected chi connectivity index (χ2v) is 2.50. The first-order valence-electron chi connectivity index (χ1n) is 3.41. The van der Waals surface area contributed by atoms with Crippen LogP contribution in [0.1, 0.15) is 17.8 Å². The standard InChI is InChI=1S/C6H7F2N3O2/c1-3-5(11(12)13)4(6(7)8)9-10(3)2/h6H,1-2H3. The molecule has 13 heavy (non-hydrogen) atoms. The van der Waals surface area contributed by atoms with Crippen LogP contribution in [0.15, 0.2) is 0 Å². The summed E-state index contributed by atoms with van der Waals surface area (Å²) >= 11 is 0. The second kappa shape index (κ2) is 3.08. The zero-order valence-corrected chi connectivity index (χ0v) is 6.99. The van der Waals surface area contributed by atoms with Gasteiger partial charge in [-0.2, -0.15) is 5.10 Å². The van der Waals surface area contributed by atoms with Crippen LogP contribution in [0.3, 0.4) is 0 Å². The van der Waals surface area contributed by atoms with Gasteiger partial charge in [-0.15, -0.1) is 0 Å². The summed E-state index contributed by atoms with van der Waals surface area (Å²) in [5.74, 6) is 0. The van der Waals surface area contributed by atoms with Gasteiger partial charge in [0.15, 0.2) is 0 Å². The summed E-state index contributed by atoms with van der Waals surface area (Å²) in [5, 5.41) is 13.7. The summed E-state index contributed by atoms with van der Waals surface area (Å²) < 4.78 is 25.5. The first-order valence-corrected chi connectivity index (χ1v) is 3.41. The number of rotatable bonds is 2. The van der Waals surface area contributed by atoms with E-state index < -0.39 is 22.7 Å². The Hall–Kier alpha value is -1.53. The Morgan fingerprint density at radius 2 is 2.15 bits per heavy atom. The average Bonchev–Trinajstić information content (AvgIpc) is 2.28. The lowest BCUT2D eigenvalue weighted by molar-refractivity contribution is -0.386. The fraction of sp³-hybridized carbons (Fsp3) is 0.500.